The molecule has 0 aliphatic heterocycles. The first kappa shape index (κ1) is 163. The number of rotatable bonds is 0. The molecule has 0 amide bonds. The number of hydrogen-bond acceptors (Lipinski definition) is 0. The van der Waals surface area contributed by atoms with Gasteiger partial charge in [-0.05, 0) is 0 Å². The minimum atomic E-state index is 0. The van der Waals surface area contributed by atoms with Gasteiger partial charge >= 0.3 is 34.7 Å². The van der Waals surface area contributed by atoms with Crippen molar-refractivity contribution in [2.45, 2.75) is 0 Å². The van der Waals surface area contributed by atoms with Gasteiger partial charge in [0.15, 0.2) is 0 Å². The van der Waals surface area contributed by atoms with Crippen LogP contribution in [0.2, 0.25) is 0 Å². The second-order valence-corrected chi connectivity index (χ2v) is 0. The summed E-state index contributed by atoms with van der Waals surface area (Å²) in [6, 6.07) is 0. The van der Waals surface area contributed by atoms with E-state index in [1.54, 1.807) is 0 Å². The van der Waals surface area contributed by atoms with Gasteiger partial charge in [-0.25, -0.2) is 0 Å². The monoisotopic (exact) mass is 328 g/mol. The predicted molar refractivity (Wildman–Crippen MR) is 13.6 cm³/mol. The Morgan fingerprint density at radius 1 is 0.444 bits per heavy atom. The molecule has 0 fully saturated rings. The summed E-state index contributed by atoms with van der Waals surface area (Å²) in [4.78, 5) is 0. The van der Waals surface area contributed by atoms with Crippen LogP contribution in [0.1, 0.15) is 0 Å². The smallest absolute Gasteiger partial charge is 2.00 e. The molecule has 3 nitrogen and oxygen atoms in total. The van der Waals surface area contributed by atoms with Gasteiger partial charge in [0.1, 0.15) is 0 Å². The first-order valence-corrected chi connectivity index (χ1v) is 0. The molecule has 2 radical (unpaired) electrons. The van der Waals surface area contributed by atoms with Crippen LogP contribution in [0.4, 0.5) is 0 Å². The molecule has 0 atom stereocenters. The van der Waals surface area contributed by atoms with Crippen molar-refractivity contribution in [2.75, 3.05) is 0 Å². The summed E-state index contributed by atoms with van der Waals surface area (Å²) in [7, 11) is 0. The van der Waals surface area contributed by atoms with Crippen LogP contribution < -0.4 is 0 Å². The van der Waals surface area contributed by atoms with Gasteiger partial charge in [-0.2, -0.15) is 0 Å². The van der Waals surface area contributed by atoms with Crippen LogP contribution in [0.15, 0.2) is 0 Å². The Morgan fingerprint density at radius 2 is 0.444 bits per heavy atom. The van der Waals surface area contributed by atoms with E-state index in [0.29, 0.717) is 0 Å². The molecule has 0 aromatic carbocycles. The van der Waals surface area contributed by atoms with Crippen LogP contribution in [0.3, 0.4) is 0 Å². The molecule has 0 bridgehead atoms. The summed E-state index contributed by atoms with van der Waals surface area (Å²) < 4.78 is 0. The zero-order valence-corrected chi connectivity index (χ0v) is 10.4. The van der Waals surface area contributed by atoms with Gasteiger partial charge in [0, 0.05) is 67.1 Å². The Balaban J connectivity index is 0. The van der Waals surface area contributed by atoms with Crippen LogP contribution in [-0.4, -0.2) is 34.7 Å². The minimum Gasteiger partial charge on any atom is -2.00 e. The maximum Gasteiger partial charge on any atom is 3.00 e. The van der Waals surface area contributed by atoms with Crippen molar-refractivity contribution in [1.82, 2.24) is 0 Å². The third kappa shape index (κ3) is 100. The van der Waals surface area contributed by atoms with Crippen molar-refractivity contribution in [1.29, 1.82) is 0 Å². The maximum absolute atomic E-state index is 0. The van der Waals surface area contributed by atoms with Crippen molar-refractivity contribution >= 4 is 34.7 Å². The molecule has 0 aliphatic carbocycles. The molecule has 0 heterocycles. The third-order valence-electron chi connectivity index (χ3n) is 0. The van der Waals surface area contributed by atoms with E-state index in [1.807, 2.05) is 0 Å². The molecular formula is Al2Mn2Ni2O3. The Bertz CT molecular complexity index is 17.8. The zero-order valence-electron chi connectivity index (χ0n) is 3.77. The first-order chi connectivity index (χ1) is 0. The van der Waals surface area contributed by atoms with Crippen LogP contribution in [0.25, 0.3) is 0 Å². The van der Waals surface area contributed by atoms with Gasteiger partial charge in [0.05, 0.1) is 0 Å². The molecule has 9 heavy (non-hydrogen) atoms. The zero-order chi connectivity index (χ0) is 0. The van der Waals surface area contributed by atoms with Crippen LogP contribution in [-0.2, 0) is 83.5 Å². The summed E-state index contributed by atoms with van der Waals surface area (Å²) in [6.07, 6.45) is 0. The van der Waals surface area contributed by atoms with E-state index in [4.69, 9.17) is 0 Å². The normalized spacial score (nSPS) is 0. The van der Waals surface area contributed by atoms with E-state index in [2.05, 4.69) is 0 Å². The van der Waals surface area contributed by atoms with E-state index >= 15 is 0 Å². The molecule has 0 unspecified atom stereocenters. The quantitative estimate of drug-likeness (QED) is 0.504. The minimum absolute atomic E-state index is 0. The SMILES string of the molecule is [Al+3].[Al+3].[Mn].[Mn].[Ni].[Ni].[O-2].[O-2].[O-2]. The van der Waals surface area contributed by atoms with Crippen molar-refractivity contribution in [3.05, 3.63) is 0 Å². The Morgan fingerprint density at radius 3 is 0.444 bits per heavy atom. The molecule has 0 rings (SSSR count). The summed E-state index contributed by atoms with van der Waals surface area (Å²) in [5.41, 5.74) is 0. The Kier molecular flexibility index (Phi) is 2240. The average Bonchev–Trinajstić information content (AvgIpc) is 0. The van der Waals surface area contributed by atoms with Crippen LogP contribution >= 0.6 is 0 Å². The maximum atomic E-state index is 0. The summed E-state index contributed by atoms with van der Waals surface area (Å²) in [6.45, 7) is 0. The van der Waals surface area contributed by atoms with Gasteiger partial charge in [0.2, 0.25) is 0 Å². The van der Waals surface area contributed by atoms with E-state index in [-0.39, 0.29) is 118 Å². The van der Waals surface area contributed by atoms with Crippen molar-refractivity contribution in [3.63, 3.8) is 0 Å². The Hall–Kier alpha value is 2.97. The van der Waals surface area contributed by atoms with E-state index in [9.17, 15) is 0 Å². The Labute approximate surface area is 117 Å². The predicted octanol–water partition coefficient (Wildman–Crippen LogP) is -1.13. The summed E-state index contributed by atoms with van der Waals surface area (Å²) in [5, 5.41) is 0. The van der Waals surface area contributed by atoms with Crippen molar-refractivity contribution < 1.29 is 83.5 Å². The molecule has 0 aromatic heterocycles. The first-order valence-electron chi connectivity index (χ1n) is 0. The topological polar surface area (TPSA) is 85.5 Å². The molecule has 0 N–H and O–H groups in total. The average molecular weight is 329 g/mol. The number of hydrogen-bond donors (Lipinski definition) is 0. The van der Waals surface area contributed by atoms with E-state index in [1.165, 1.54) is 0 Å². The van der Waals surface area contributed by atoms with Gasteiger partial charge in [-0.1, -0.05) is 0 Å². The van der Waals surface area contributed by atoms with Gasteiger partial charge in [-0.15, -0.1) is 0 Å². The molecular weight excluding hydrogens is 329 g/mol. The third-order valence-corrected chi connectivity index (χ3v) is 0. The molecule has 0 spiro atoms. The van der Waals surface area contributed by atoms with Gasteiger partial charge in [0.25, 0.3) is 0 Å². The molecule has 0 saturated carbocycles. The summed E-state index contributed by atoms with van der Waals surface area (Å²) >= 11 is 0. The molecule has 0 aliphatic rings. The summed E-state index contributed by atoms with van der Waals surface area (Å²) in [5.74, 6) is 0. The van der Waals surface area contributed by atoms with Crippen LogP contribution in [0, 0.1) is 0 Å². The second kappa shape index (κ2) is 124. The fourth-order valence-corrected chi connectivity index (χ4v) is 0. The standard InChI is InChI=1S/2Al.2Mn.2Ni.3O/q2*+3;;;;;3*-2. The fourth-order valence-electron chi connectivity index (χ4n) is 0. The molecule has 0 aromatic rings. The van der Waals surface area contributed by atoms with E-state index < -0.39 is 0 Å². The second-order valence-electron chi connectivity index (χ2n) is 0. The van der Waals surface area contributed by atoms with Crippen LogP contribution in [0.5, 0.6) is 0 Å². The fraction of sp³-hybridized carbons (Fsp3) is 0. The largest absolute Gasteiger partial charge is 3.00 e. The molecule has 9 heteroatoms. The van der Waals surface area contributed by atoms with Gasteiger partial charge < -0.3 is 16.4 Å². The van der Waals surface area contributed by atoms with E-state index in [0.717, 1.165) is 0 Å². The van der Waals surface area contributed by atoms with Crippen molar-refractivity contribution in [2.24, 2.45) is 0 Å². The van der Waals surface area contributed by atoms with Crippen molar-refractivity contribution in [3.8, 4) is 0 Å². The van der Waals surface area contributed by atoms with Gasteiger partial charge in [-0.3, -0.25) is 0 Å². The molecule has 58 valence electrons. The molecule has 0 saturated heterocycles.